The Bertz CT molecular complexity index is 656. The third kappa shape index (κ3) is 2.69. The number of quaternary nitrogens is 1. The van der Waals surface area contributed by atoms with Crippen LogP contribution in [0.1, 0.15) is 0 Å². The summed E-state index contributed by atoms with van der Waals surface area (Å²) in [4.78, 5) is 0. The highest BCUT2D eigenvalue weighted by atomic mass is 16.5. The number of rotatable bonds is 5. The number of hydrogen-bond donors (Lipinski definition) is 1. The van der Waals surface area contributed by atoms with Crippen molar-refractivity contribution in [3.8, 4) is 11.5 Å². The Morgan fingerprint density at radius 1 is 1.00 bits per heavy atom. The molecule has 1 aliphatic rings. The molecule has 1 heterocycles. The molecule has 0 spiro atoms. The van der Waals surface area contributed by atoms with Gasteiger partial charge in [0.1, 0.15) is 24.7 Å². The molecule has 1 N–H and O–H groups in total. The molecule has 0 radical (unpaired) electrons. The molecule has 5 nitrogen and oxygen atoms in total. The Balaban J connectivity index is 2.00. The van der Waals surface area contributed by atoms with E-state index in [0.29, 0.717) is 12.3 Å². The molecule has 0 aliphatic carbocycles. The average Bonchev–Trinajstić information content (AvgIpc) is 2.99. The Hall–Kier alpha value is -2.50. The van der Waals surface area contributed by atoms with Crippen molar-refractivity contribution in [3.63, 3.8) is 0 Å². The Morgan fingerprint density at radius 2 is 1.76 bits per heavy atom. The number of aliphatic hydroxyl groups is 1. The van der Waals surface area contributed by atoms with Crippen LogP contribution in [-0.4, -0.2) is 18.3 Å². The molecule has 1 atom stereocenters. The number of hydrogen-bond acceptors (Lipinski definition) is 4. The van der Waals surface area contributed by atoms with Crippen molar-refractivity contribution < 1.29 is 9.84 Å². The second-order valence-electron chi connectivity index (χ2n) is 4.66. The summed E-state index contributed by atoms with van der Waals surface area (Å²) in [7, 11) is 0. The van der Waals surface area contributed by atoms with Crippen LogP contribution in [0.4, 0.5) is 5.69 Å². The van der Waals surface area contributed by atoms with Crippen molar-refractivity contribution in [3.05, 3.63) is 67.0 Å². The molecule has 106 valence electrons. The molecule has 21 heavy (non-hydrogen) atoms. The van der Waals surface area contributed by atoms with Gasteiger partial charge >= 0.3 is 0 Å². The summed E-state index contributed by atoms with van der Waals surface area (Å²) in [5.41, 5.74) is 0.841. The predicted octanol–water partition coefficient (Wildman–Crippen LogP) is 3.63. The molecule has 0 amide bonds. The van der Waals surface area contributed by atoms with E-state index in [9.17, 15) is 5.11 Å². The van der Waals surface area contributed by atoms with Crippen molar-refractivity contribution in [2.75, 3.05) is 13.2 Å². The highest BCUT2D eigenvalue weighted by molar-refractivity contribution is 5.58. The van der Waals surface area contributed by atoms with Gasteiger partial charge in [-0.3, -0.25) is 0 Å². The molecule has 0 aromatic heterocycles. The molecule has 5 heteroatoms. The van der Waals surface area contributed by atoms with Crippen LogP contribution < -0.4 is 9.33 Å². The maximum Gasteiger partial charge on any atom is 0.208 e. The fourth-order valence-electron chi connectivity index (χ4n) is 2.29. The van der Waals surface area contributed by atoms with Gasteiger partial charge in [-0.15, -0.1) is 9.71 Å². The zero-order valence-corrected chi connectivity index (χ0v) is 11.5. The highest BCUT2D eigenvalue weighted by Crippen LogP contribution is 2.38. The lowest BCUT2D eigenvalue weighted by atomic mass is 10.2. The van der Waals surface area contributed by atoms with Crippen LogP contribution in [0.25, 0.3) is 0 Å². The van der Waals surface area contributed by atoms with Crippen molar-refractivity contribution in [2.45, 2.75) is 0 Å². The van der Waals surface area contributed by atoms with Crippen LogP contribution in [0.3, 0.4) is 0 Å². The summed E-state index contributed by atoms with van der Waals surface area (Å²) in [6.45, 7) is 0.415. The van der Waals surface area contributed by atoms with Crippen molar-refractivity contribution in [1.29, 1.82) is 0 Å². The maximum atomic E-state index is 9.34. The second-order valence-corrected chi connectivity index (χ2v) is 4.66. The van der Waals surface area contributed by atoms with Gasteiger partial charge in [0.2, 0.25) is 5.69 Å². The topological polar surface area (TPSA) is 54.2 Å². The number of ether oxygens (including phenoxy) is 1. The van der Waals surface area contributed by atoms with E-state index >= 15 is 0 Å². The van der Waals surface area contributed by atoms with Crippen molar-refractivity contribution in [2.24, 2.45) is 10.3 Å². The highest BCUT2D eigenvalue weighted by Gasteiger charge is 2.35. The van der Waals surface area contributed by atoms with Crippen LogP contribution in [-0.2, 0) is 0 Å². The van der Waals surface area contributed by atoms with E-state index in [1.165, 1.54) is 0 Å². The van der Waals surface area contributed by atoms with Gasteiger partial charge in [0.25, 0.3) is 0 Å². The Kier molecular flexibility index (Phi) is 3.77. The molecule has 0 saturated carbocycles. The minimum atomic E-state index is 0.00301. The first kappa shape index (κ1) is 13.5. The number of para-hydroxylation sites is 3. The van der Waals surface area contributed by atoms with E-state index in [1.54, 1.807) is 6.20 Å². The quantitative estimate of drug-likeness (QED) is 0.851. The van der Waals surface area contributed by atoms with Gasteiger partial charge in [0.15, 0.2) is 5.75 Å². The third-order valence-electron chi connectivity index (χ3n) is 3.29. The van der Waals surface area contributed by atoms with Crippen LogP contribution in [0.5, 0.6) is 11.5 Å². The van der Waals surface area contributed by atoms with E-state index in [2.05, 4.69) is 10.3 Å². The minimum absolute atomic E-state index is 0.00301. The van der Waals surface area contributed by atoms with Crippen LogP contribution in [0.2, 0.25) is 0 Å². The lowest BCUT2D eigenvalue weighted by Gasteiger charge is -2.24. The van der Waals surface area contributed by atoms with Gasteiger partial charge in [0, 0.05) is 11.3 Å². The van der Waals surface area contributed by atoms with Crippen molar-refractivity contribution in [1.82, 2.24) is 4.59 Å². The summed E-state index contributed by atoms with van der Waals surface area (Å²) < 4.78 is 6.07. The van der Waals surface area contributed by atoms with E-state index in [0.717, 1.165) is 11.4 Å². The fourth-order valence-corrected chi connectivity index (χ4v) is 2.29. The number of benzene rings is 2. The van der Waals surface area contributed by atoms with Crippen LogP contribution >= 0.6 is 0 Å². The molecule has 0 bridgehead atoms. The van der Waals surface area contributed by atoms with Gasteiger partial charge in [-0.05, 0) is 18.2 Å². The Morgan fingerprint density at radius 3 is 2.48 bits per heavy atom. The monoisotopic (exact) mass is 282 g/mol. The normalized spacial score (nSPS) is 19.9. The zero-order chi connectivity index (χ0) is 14.5. The Labute approximate surface area is 123 Å². The molecule has 3 rings (SSSR count). The molecule has 1 aliphatic heterocycles. The molecular weight excluding hydrogens is 266 g/mol. The van der Waals surface area contributed by atoms with Crippen molar-refractivity contribution >= 4 is 5.69 Å². The largest absolute Gasteiger partial charge is 0.451 e. The van der Waals surface area contributed by atoms with Crippen LogP contribution in [0, 0.1) is 0 Å². The van der Waals surface area contributed by atoms with Crippen LogP contribution in [0.15, 0.2) is 77.3 Å². The predicted molar refractivity (Wildman–Crippen MR) is 80.7 cm³/mol. The minimum Gasteiger partial charge on any atom is -0.451 e. The summed E-state index contributed by atoms with van der Waals surface area (Å²) in [6.07, 6.45) is 3.47. The van der Waals surface area contributed by atoms with E-state index in [-0.39, 0.29) is 11.2 Å². The van der Waals surface area contributed by atoms with Gasteiger partial charge in [-0.2, -0.15) is 0 Å². The van der Waals surface area contributed by atoms with E-state index in [1.807, 2.05) is 60.8 Å². The van der Waals surface area contributed by atoms with Gasteiger partial charge in [-0.1, -0.05) is 30.3 Å². The molecule has 2 aromatic rings. The summed E-state index contributed by atoms with van der Waals surface area (Å²) >= 11 is 0. The zero-order valence-electron chi connectivity index (χ0n) is 11.5. The summed E-state index contributed by atoms with van der Waals surface area (Å²) in [5.74, 6) is 1.45. The van der Waals surface area contributed by atoms with Gasteiger partial charge in [-0.25, -0.2) is 0 Å². The number of aliphatic hydroxyl groups excluding tert-OH is 1. The average molecular weight is 282 g/mol. The smallest absolute Gasteiger partial charge is 0.208 e. The third-order valence-corrected chi connectivity index (χ3v) is 3.29. The second kappa shape index (κ2) is 5.87. The molecule has 1 unspecified atom stereocenters. The first-order valence-corrected chi connectivity index (χ1v) is 6.75. The van der Waals surface area contributed by atoms with Gasteiger partial charge < -0.3 is 9.84 Å². The number of nitrogens with zero attached hydrogens (tertiary/aromatic N) is 3. The molecule has 0 fully saturated rings. The summed E-state index contributed by atoms with van der Waals surface area (Å²) in [6, 6.07) is 17.2. The lowest BCUT2D eigenvalue weighted by Crippen LogP contribution is -2.39. The first-order chi connectivity index (χ1) is 10.3. The summed E-state index contributed by atoms with van der Waals surface area (Å²) in [5, 5.41) is 17.5. The van der Waals surface area contributed by atoms with E-state index < -0.39 is 0 Å². The first-order valence-electron chi connectivity index (χ1n) is 6.75. The molecule has 0 saturated heterocycles. The van der Waals surface area contributed by atoms with Gasteiger partial charge in [0.05, 0.1) is 6.61 Å². The molecular formula is C16H16N3O2+. The fraction of sp³-hybridized carbons (Fsp3) is 0.125. The lowest BCUT2D eigenvalue weighted by molar-refractivity contribution is 0.237. The maximum absolute atomic E-state index is 9.34. The van der Waals surface area contributed by atoms with E-state index in [4.69, 9.17) is 4.74 Å². The SMILES string of the molecule is OCC[N+]1(c2ccccc2Oc2ccccc2)C=CN=N1. The standard InChI is InChI=1S/C16H16N3O2/c20-13-12-19(11-10-17-18-19)15-8-4-5-9-16(15)21-14-6-2-1-3-7-14/h1-11,20H,12-13H2/q+1. The molecule has 2 aromatic carbocycles.